The van der Waals surface area contributed by atoms with Crippen molar-refractivity contribution in [2.24, 2.45) is 7.05 Å². The van der Waals surface area contributed by atoms with Gasteiger partial charge in [0.05, 0.1) is 18.3 Å². The summed E-state index contributed by atoms with van der Waals surface area (Å²) in [4.78, 5) is 12.2. The third kappa shape index (κ3) is 3.30. The fraction of sp³-hybridized carbons (Fsp3) is 0.188. The molecule has 0 saturated carbocycles. The van der Waals surface area contributed by atoms with Crippen molar-refractivity contribution in [2.75, 3.05) is 5.32 Å². The Kier molecular flexibility index (Phi) is 4.35. The molecule has 1 amide bonds. The maximum atomic E-state index is 13.1. The monoisotopic (exact) mass is 347 g/mol. The van der Waals surface area contributed by atoms with Gasteiger partial charge in [-0.25, -0.2) is 4.39 Å². The van der Waals surface area contributed by atoms with Crippen LogP contribution in [0.25, 0.3) is 0 Å². The third-order valence-corrected chi connectivity index (χ3v) is 4.06. The van der Waals surface area contributed by atoms with E-state index in [-0.39, 0.29) is 11.7 Å². The van der Waals surface area contributed by atoms with Gasteiger partial charge in [0.1, 0.15) is 5.82 Å². The number of aromatic nitrogens is 4. The van der Waals surface area contributed by atoms with E-state index in [1.54, 1.807) is 34.7 Å². The summed E-state index contributed by atoms with van der Waals surface area (Å²) in [5, 5.41) is 11.4. The molecule has 0 bridgehead atoms. The minimum absolute atomic E-state index is 0.273. The van der Waals surface area contributed by atoms with Crippen molar-refractivity contribution in [3.8, 4) is 0 Å². The van der Waals surface area contributed by atoms with Crippen LogP contribution in [0.2, 0.25) is 5.02 Å². The van der Waals surface area contributed by atoms with Gasteiger partial charge in [-0.1, -0.05) is 17.7 Å². The molecule has 0 spiro atoms. The number of carbonyl (C=O) groups is 1. The van der Waals surface area contributed by atoms with Crippen molar-refractivity contribution in [2.45, 2.75) is 13.5 Å². The van der Waals surface area contributed by atoms with Gasteiger partial charge in [0, 0.05) is 30.0 Å². The molecule has 0 aliphatic carbocycles. The van der Waals surface area contributed by atoms with E-state index in [4.69, 9.17) is 11.6 Å². The minimum Gasteiger partial charge on any atom is -0.305 e. The second-order valence-electron chi connectivity index (χ2n) is 5.36. The summed E-state index contributed by atoms with van der Waals surface area (Å²) in [5.41, 5.74) is 2.00. The molecule has 0 radical (unpaired) electrons. The lowest BCUT2D eigenvalue weighted by atomic mass is 10.2. The molecule has 3 aromatic rings. The van der Waals surface area contributed by atoms with E-state index in [2.05, 4.69) is 15.5 Å². The van der Waals surface area contributed by atoms with Crippen molar-refractivity contribution < 1.29 is 9.18 Å². The molecular weight excluding hydrogens is 333 g/mol. The van der Waals surface area contributed by atoms with Crippen LogP contribution in [0.3, 0.4) is 0 Å². The van der Waals surface area contributed by atoms with Gasteiger partial charge in [0.15, 0.2) is 5.82 Å². The van der Waals surface area contributed by atoms with E-state index in [0.29, 0.717) is 22.9 Å². The summed E-state index contributed by atoms with van der Waals surface area (Å²) >= 11 is 6.01. The van der Waals surface area contributed by atoms with E-state index >= 15 is 0 Å². The summed E-state index contributed by atoms with van der Waals surface area (Å²) in [6.45, 7) is 2.19. The van der Waals surface area contributed by atoms with Gasteiger partial charge in [0.2, 0.25) is 0 Å². The SMILES string of the molecule is Cc1c(C(=O)Nc2ccn(Cc3ccc(F)cc3Cl)n2)cnn1C. The molecule has 6 nitrogen and oxygen atoms in total. The highest BCUT2D eigenvalue weighted by Gasteiger charge is 2.14. The van der Waals surface area contributed by atoms with Crippen LogP contribution in [-0.4, -0.2) is 25.5 Å². The van der Waals surface area contributed by atoms with Crippen LogP contribution >= 0.6 is 11.6 Å². The van der Waals surface area contributed by atoms with Crippen molar-refractivity contribution in [3.63, 3.8) is 0 Å². The first-order chi connectivity index (χ1) is 11.4. The molecule has 1 N–H and O–H groups in total. The third-order valence-electron chi connectivity index (χ3n) is 3.71. The summed E-state index contributed by atoms with van der Waals surface area (Å²) in [7, 11) is 1.77. The summed E-state index contributed by atoms with van der Waals surface area (Å²) < 4.78 is 16.3. The van der Waals surface area contributed by atoms with Gasteiger partial charge in [-0.05, 0) is 24.6 Å². The number of nitrogens with zero attached hydrogens (tertiary/aromatic N) is 4. The maximum Gasteiger partial charge on any atom is 0.260 e. The fourth-order valence-electron chi connectivity index (χ4n) is 2.25. The minimum atomic E-state index is -0.385. The first-order valence-corrected chi connectivity index (χ1v) is 7.59. The van der Waals surface area contributed by atoms with E-state index in [9.17, 15) is 9.18 Å². The Morgan fingerprint density at radius 1 is 1.38 bits per heavy atom. The molecule has 124 valence electrons. The maximum absolute atomic E-state index is 13.1. The Hall–Kier alpha value is -2.67. The lowest BCUT2D eigenvalue weighted by molar-refractivity contribution is 0.102. The highest BCUT2D eigenvalue weighted by atomic mass is 35.5. The number of amides is 1. The van der Waals surface area contributed by atoms with Crippen LogP contribution < -0.4 is 5.32 Å². The first-order valence-electron chi connectivity index (χ1n) is 7.21. The van der Waals surface area contributed by atoms with Crippen LogP contribution in [-0.2, 0) is 13.6 Å². The van der Waals surface area contributed by atoms with E-state index in [1.807, 2.05) is 6.92 Å². The predicted molar refractivity (Wildman–Crippen MR) is 88.6 cm³/mol. The molecule has 0 atom stereocenters. The van der Waals surface area contributed by atoms with Gasteiger partial charge >= 0.3 is 0 Å². The largest absolute Gasteiger partial charge is 0.305 e. The van der Waals surface area contributed by atoms with Gasteiger partial charge in [-0.2, -0.15) is 10.2 Å². The van der Waals surface area contributed by atoms with Crippen LogP contribution in [0, 0.1) is 12.7 Å². The number of rotatable bonds is 4. The van der Waals surface area contributed by atoms with Gasteiger partial charge in [-0.15, -0.1) is 0 Å². The molecule has 8 heteroatoms. The van der Waals surface area contributed by atoms with Gasteiger partial charge in [0.25, 0.3) is 5.91 Å². The zero-order valence-electron chi connectivity index (χ0n) is 13.1. The standard InChI is InChI=1S/C16H15ClFN5O/c1-10-13(8-19-22(10)2)16(24)20-15-5-6-23(21-15)9-11-3-4-12(18)7-14(11)17/h3-8H,9H2,1-2H3,(H,20,21,24). The number of hydrogen-bond donors (Lipinski definition) is 1. The Labute approximate surface area is 142 Å². The quantitative estimate of drug-likeness (QED) is 0.789. The number of carbonyl (C=O) groups excluding carboxylic acids is 1. The lowest BCUT2D eigenvalue weighted by Crippen LogP contribution is -2.14. The molecule has 0 fully saturated rings. The van der Waals surface area contributed by atoms with Crippen LogP contribution in [0.4, 0.5) is 10.2 Å². The second kappa shape index (κ2) is 6.45. The van der Waals surface area contributed by atoms with Crippen LogP contribution in [0.5, 0.6) is 0 Å². The van der Waals surface area contributed by atoms with E-state index in [1.165, 1.54) is 18.3 Å². The second-order valence-corrected chi connectivity index (χ2v) is 5.76. The van der Waals surface area contributed by atoms with Crippen molar-refractivity contribution in [1.82, 2.24) is 19.6 Å². The Bertz CT molecular complexity index is 902. The van der Waals surface area contributed by atoms with Crippen molar-refractivity contribution in [3.05, 3.63) is 64.3 Å². The first kappa shape index (κ1) is 16.2. The number of hydrogen-bond acceptors (Lipinski definition) is 3. The average Bonchev–Trinajstić information content (AvgIpc) is 3.10. The number of nitrogens with one attached hydrogen (secondary N) is 1. The van der Waals surface area contributed by atoms with Crippen LogP contribution in [0.15, 0.2) is 36.7 Å². The predicted octanol–water partition coefficient (Wildman–Crippen LogP) is 3.02. The topological polar surface area (TPSA) is 64.7 Å². The molecule has 0 aliphatic heterocycles. The van der Waals surface area contributed by atoms with E-state index < -0.39 is 0 Å². The number of aryl methyl sites for hydroxylation is 1. The van der Waals surface area contributed by atoms with Crippen LogP contribution in [0.1, 0.15) is 21.6 Å². The highest BCUT2D eigenvalue weighted by Crippen LogP contribution is 2.18. The lowest BCUT2D eigenvalue weighted by Gasteiger charge is -2.05. The smallest absolute Gasteiger partial charge is 0.260 e. The zero-order chi connectivity index (χ0) is 17.3. The Morgan fingerprint density at radius 3 is 2.83 bits per heavy atom. The Balaban J connectivity index is 1.71. The van der Waals surface area contributed by atoms with Crippen molar-refractivity contribution in [1.29, 1.82) is 0 Å². The van der Waals surface area contributed by atoms with Crippen molar-refractivity contribution >= 4 is 23.3 Å². The molecule has 0 aliphatic rings. The number of halogens is 2. The summed E-state index contributed by atoms with van der Waals surface area (Å²) in [6, 6.07) is 5.89. The zero-order valence-corrected chi connectivity index (χ0v) is 13.9. The normalized spacial score (nSPS) is 10.8. The van der Waals surface area contributed by atoms with E-state index in [0.717, 1.165) is 11.3 Å². The Morgan fingerprint density at radius 2 is 2.17 bits per heavy atom. The molecule has 3 rings (SSSR count). The summed E-state index contributed by atoms with van der Waals surface area (Å²) in [6.07, 6.45) is 3.23. The van der Waals surface area contributed by atoms with Gasteiger partial charge in [-0.3, -0.25) is 14.2 Å². The molecule has 2 aromatic heterocycles. The molecule has 0 saturated heterocycles. The molecular formula is C16H15ClFN5O. The number of benzene rings is 1. The van der Waals surface area contributed by atoms with Gasteiger partial charge < -0.3 is 5.32 Å². The number of anilines is 1. The highest BCUT2D eigenvalue weighted by molar-refractivity contribution is 6.31. The molecule has 24 heavy (non-hydrogen) atoms. The fourth-order valence-corrected chi connectivity index (χ4v) is 2.47. The molecule has 2 heterocycles. The average molecular weight is 348 g/mol. The molecule has 0 unspecified atom stereocenters. The molecule has 1 aromatic carbocycles. The summed E-state index contributed by atoms with van der Waals surface area (Å²) in [5.74, 6) is -0.240.